The summed E-state index contributed by atoms with van der Waals surface area (Å²) in [7, 11) is 0. The van der Waals surface area contributed by atoms with Crippen LogP contribution in [0.1, 0.15) is 20.8 Å². The van der Waals surface area contributed by atoms with Crippen molar-refractivity contribution in [3.05, 3.63) is 10.4 Å². The lowest BCUT2D eigenvalue weighted by molar-refractivity contribution is -0.156. The molecular formula is C9H18N4O3. The predicted octanol–water partition coefficient (Wildman–Crippen LogP) is 1.20. The molecule has 0 saturated heterocycles. The summed E-state index contributed by atoms with van der Waals surface area (Å²) in [5.74, 6) is -0.220. The summed E-state index contributed by atoms with van der Waals surface area (Å²) < 4.78 is 10.6. The van der Waals surface area contributed by atoms with Gasteiger partial charge in [-0.1, -0.05) is 5.11 Å². The lowest BCUT2D eigenvalue weighted by Gasteiger charge is -2.25. The number of nitrogens with zero attached hydrogens (tertiary/aromatic N) is 3. The summed E-state index contributed by atoms with van der Waals surface area (Å²) in [5, 5.41) is 6.05. The van der Waals surface area contributed by atoms with E-state index in [0.29, 0.717) is 13.2 Å². The number of ether oxygens (including phenoxy) is 2. The van der Waals surface area contributed by atoms with E-state index in [0.717, 1.165) is 0 Å². The van der Waals surface area contributed by atoms with E-state index >= 15 is 0 Å². The topological polar surface area (TPSA) is 96.3 Å². The van der Waals surface area contributed by atoms with Gasteiger partial charge in [0.15, 0.2) is 6.29 Å². The number of carbonyl (C=O) groups excluding carboxylic acids is 1. The standard InChI is InChI=1S/C9H18N4O3/c1-4-15-9(16-5-2)8(6-11-13-10)12-7(3)14/h8-9H,4-6H2,1-3H3,(H,12,14)/t8-/m1/s1. The van der Waals surface area contributed by atoms with Gasteiger partial charge in [-0.15, -0.1) is 0 Å². The van der Waals surface area contributed by atoms with Crippen molar-refractivity contribution in [1.82, 2.24) is 5.32 Å². The fourth-order valence-electron chi connectivity index (χ4n) is 1.19. The van der Waals surface area contributed by atoms with Gasteiger partial charge in [0, 0.05) is 25.0 Å². The third-order valence-corrected chi connectivity index (χ3v) is 1.72. The van der Waals surface area contributed by atoms with Crippen molar-refractivity contribution in [2.75, 3.05) is 19.8 Å². The van der Waals surface area contributed by atoms with E-state index in [-0.39, 0.29) is 12.5 Å². The van der Waals surface area contributed by atoms with Gasteiger partial charge in [0.1, 0.15) is 0 Å². The molecule has 0 rings (SSSR count). The number of amides is 1. The molecule has 0 bridgehead atoms. The molecule has 7 nitrogen and oxygen atoms in total. The second kappa shape index (κ2) is 8.96. The molecule has 0 aliphatic rings. The third-order valence-electron chi connectivity index (χ3n) is 1.72. The minimum absolute atomic E-state index is 0.0980. The number of azide groups is 1. The molecule has 1 amide bonds. The minimum atomic E-state index is -0.593. The largest absolute Gasteiger partial charge is 0.351 e. The normalized spacial score (nSPS) is 12.0. The lowest BCUT2D eigenvalue weighted by atomic mass is 10.3. The van der Waals surface area contributed by atoms with Crippen molar-refractivity contribution in [2.45, 2.75) is 33.1 Å². The first-order valence-corrected chi connectivity index (χ1v) is 5.16. The molecule has 92 valence electrons. The van der Waals surface area contributed by atoms with Crippen molar-refractivity contribution in [3.63, 3.8) is 0 Å². The van der Waals surface area contributed by atoms with Crippen LogP contribution in [0.25, 0.3) is 10.4 Å². The average molecular weight is 230 g/mol. The second-order valence-corrected chi connectivity index (χ2v) is 3.00. The maximum absolute atomic E-state index is 11.0. The van der Waals surface area contributed by atoms with Gasteiger partial charge in [-0.2, -0.15) is 0 Å². The molecular weight excluding hydrogens is 212 g/mol. The van der Waals surface area contributed by atoms with Gasteiger partial charge < -0.3 is 14.8 Å². The van der Waals surface area contributed by atoms with Crippen LogP contribution in [0.4, 0.5) is 0 Å². The van der Waals surface area contributed by atoms with E-state index in [1.54, 1.807) is 0 Å². The Morgan fingerprint density at radius 2 is 2.00 bits per heavy atom. The van der Waals surface area contributed by atoms with E-state index in [2.05, 4.69) is 15.3 Å². The highest BCUT2D eigenvalue weighted by Gasteiger charge is 2.22. The van der Waals surface area contributed by atoms with Crippen molar-refractivity contribution >= 4 is 5.91 Å². The molecule has 0 aromatic rings. The maximum atomic E-state index is 11.0. The quantitative estimate of drug-likeness (QED) is 0.293. The molecule has 0 radical (unpaired) electrons. The van der Waals surface area contributed by atoms with E-state index < -0.39 is 12.3 Å². The van der Waals surface area contributed by atoms with Gasteiger partial charge >= 0.3 is 0 Å². The smallest absolute Gasteiger partial charge is 0.217 e. The molecule has 0 aliphatic heterocycles. The lowest BCUT2D eigenvalue weighted by Crippen LogP contribution is -2.47. The summed E-state index contributed by atoms with van der Waals surface area (Å²) in [6.45, 7) is 6.04. The van der Waals surface area contributed by atoms with Crippen LogP contribution < -0.4 is 5.32 Å². The Labute approximate surface area is 94.7 Å². The Hall–Kier alpha value is -1.30. The fraction of sp³-hybridized carbons (Fsp3) is 0.889. The summed E-state index contributed by atoms with van der Waals surface area (Å²) in [6, 6.07) is -0.465. The van der Waals surface area contributed by atoms with Gasteiger partial charge in [0.2, 0.25) is 5.91 Å². The molecule has 1 N–H and O–H groups in total. The number of hydrogen-bond donors (Lipinski definition) is 1. The minimum Gasteiger partial charge on any atom is -0.351 e. The third kappa shape index (κ3) is 6.23. The molecule has 0 saturated carbocycles. The van der Waals surface area contributed by atoms with Crippen LogP contribution in [-0.2, 0) is 14.3 Å². The average Bonchev–Trinajstić information content (AvgIpc) is 2.23. The van der Waals surface area contributed by atoms with Gasteiger partial charge in [-0.3, -0.25) is 4.79 Å². The molecule has 0 unspecified atom stereocenters. The number of nitrogens with one attached hydrogen (secondary N) is 1. The molecule has 16 heavy (non-hydrogen) atoms. The van der Waals surface area contributed by atoms with Crippen LogP contribution in [0.3, 0.4) is 0 Å². The summed E-state index contributed by atoms with van der Waals surface area (Å²) >= 11 is 0. The molecule has 0 spiro atoms. The van der Waals surface area contributed by atoms with Crippen molar-refractivity contribution in [3.8, 4) is 0 Å². The number of hydrogen-bond acceptors (Lipinski definition) is 4. The number of carbonyl (C=O) groups is 1. The highest BCUT2D eigenvalue weighted by Crippen LogP contribution is 2.03. The molecule has 0 aromatic heterocycles. The monoisotopic (exact) mass is 230 g/mol. The van der Waals surface area contributed by atoms with E-state index in [1.807, 2.05) is 13.8 Å². The molecule has 0 aromatic carbocycles. The van der Waals surface area contributed by atoms with Gasteiger partial charge in [0.05, 0.1) is 12.6 Å². The molecule has 7 heteroatoms. The Morgan fingerprint density at radius 3 is 2.38 bits per heavy atom. The van der Waals surface area contributed by atoms with Crippen LogP contribution in [0.15, 0.2) is 5.11 Å². The fourth-order valence-corrected chi connectivity index (χ4v) is 1.19. The second-order valence-electron chi connectivity index (χ2n) is 3.00. The van der Waals surface area contributed by atoms with E-state index in [1.165, 1.54) is 6.92 Å². The molecule has 0 aliphatic carbocycles. The Morgan fingerprint density at radius 1 is 1.44 bits per heavy atom. The highest BCUT2D eigenvalue weighted by atomic mass is 16.7. The molecule has 0 heterocycles. The molecule has 1 atom stereocenters. The maximum Gasteiger partial charge on any atom is 0.217 e. The van der Waals surface area contributed by atoms with Crippen LogP contribution >= 0.6 is 0 Å². The SMILES string of the molecule is CCOC(OCC)[C@@H](CN=[N+]=[N-])NC(C)=O. The van der Waals surface area contributed by atoms with E-state index in [9.17, 15) is 4.79 Å². The van der Waals surface area contributed by atoms with E-state index in [4.69, 9.17) is 15.0 Å². The van der Waals surface area contributed by atoms with Gasteiger partial charge in [-0.25, -0.2) is 0 Å². The zero-order valence-corrected chi connectivity index (χ0v) is 9.84. The van der Waals surface area contributed by atoms with Crippen molar-refractivity contribution in [2.24, 2.45) is 5.11 Å². The predicted molar refractivity (Wildman–Crippen MR) is 58.7 cm³/mol. The van der Waals surface area contributed by atoms with Gasteiger partial charge in [-0.05, 0) is 19.4 Å². The zero-order chi connectivity index (χ0) is 12.4. The highest BCUT2D eigenvalue weighted by molar-refractivity contribution is 5.73. The van der Waals surface area contributed by atoms with Crippen molar-refractivity contribution in [1.29, 1.82) is 0 Å². The van der Waals surface area contributed by atoms with Gasteiger partial charge in [0.25, 0.3) is 0 Å². The first-order valence-electron chi connectivity index (χ1n) is 5.16. The number of rotatable bonds is 8. The van der Waals surface area contributed by atoms with Crippen LogP contribution in [0, 0.1) is 0 Å². The summed E-state index contributed by atoms with van der Waals surface area (Å²) in [5.41, 5.74) is 8.25. The summed E-state index contributed by atoms with van der Waals surface area (Å²) in [4.78, 5) is 13.6. The first-order chi connectivity index (χ1) is 7.65. The van der Waals surface area contributed by atoms with Crippen molar-refractivity contribution < 1.29 is 14.3 Å². The van der Waals surface area contributed by atoms with Crippen LogP contribution in [0.2, 0.25) is 0 Å². The van der Waals surface area contributed by atoms with Crippen LogP contribution in [-0.4, -0.2) is 38.0 Å². The zero-order valence-electron chi connectivity index (χ0n) is 9.84. The van der Waals surface area contributed by atoms with Crippen LogP contribution in [0.5, 0.6) is 0 Å². The Balaban J connectivity index is 4.50. The molecule has 0 fully saturated rings. The summed E-state index contributed by atoms with van der Waals surface area (Å²) in [6.07, 6.45) is -0.593. The Bertz CT molecular complexity index is 243. The first kappa shape index (κ1) is 14.7. The Kier molecular flexibility index (Phi) is 8.24.